The SMILES string of the molecule is Cc1noc(C)c1C(=O)NCC1CCCCN1CCn1nc2c(cc1=O)CSCC2. The molecule has 1 atom stereocenters. The zero-order valence-electron chi connectivity index (χ0n) is 17.6. The number of fused-ring (bicyclic) bond motifs is 1. The van der Waals surface area contributed by atoms with Crippen LogP contribution in [0.1, 0.15) is 52.3 Å². The van der Waals surface area contributed by atoms with Crippen LogP contribution < -0.4 is 10.9 Å². The molecule has 0 radical (unpaired) electrons. The zero-order valence-corrected chi connectivity index (χ0v) is 18.5. The summed E-state index contributed by atoms with van der Waals surface area (Å²) in [6.45, 7) is 6.42. The maximum absolute atomic E-state index is 12.6. The Morgan fingerprint density at radius 3 is 3.00 bits per heavy atom. The Kier molecular flexibility index (Phi) is 6.58. The molecule has 2 aromatic heterocycles. The molecule has 9 heteroatoms. The van der Waals surface area contributed by atoms with Gasteiger partial charge < -0.3 is 9.84 Å². The van der Waals surface area contributed by atoms with Gasteiger partial charge in [-0.25, -0.2) is 4.68 Å². The molecule has 2 aliphatic rings. The van der Waals surface area contributed by atoms with E-state index in [-0.39, 0.29) is 17.5 Å². The maximum atomic E-state index is 12.6. The molecule has 162 valence electrons. The number of likely N-dealkylation sites (tertiary alicyclic amines) is 1. The van der Waals surface area contributed by atoms with Crippen molar-refractivity contribution in [3.8, 4) is 0 Å². The van der Waals surface area contributed by atoms with E-state index >= 15 is 0 Å². The van der Waals surface area contributed by atoms with E-state index in [4.69, 9.17) is 4.52 Å². The third kappa shape index (κ3) is 4.62. The van der Waals surface area contributed by atoms with Crippen molar-refractivity contribution in [3.05, 3.63) is 44.7 Å². The third-order valence-corrected chi connectivity index (χ3v) is 7.02. The molecule has 1 amide bonds. The molecule has 0 aliphatic carbocycles. The molecule has 0 spiro atoms. The lowest BCUT2D eigenvalue weighted by molar-refractivity contribution is 0.0907. The molecule has 1 fully saturated rings. The number of piperidine rings is 1. The molecule has 1 N–H and O–H groups in total. The molecule has 2 aromatic rings. The first kappa shape index (κ1) is 21.1. The normalized spacial score (nSPS) is 19.5. The van der Waals surface area contributed by atoms with Gasteiger partial charge in [0.25, 0.3) is 11.5 Å². The quantitative estimate of drug-likeness (QED) is 0.747. The Morgan fingerprint density at radius 1 is 1.33 bits per heavy atom. The summed E-state index contributed by atoms with van der Waals surface area (Å²) in [5, 5.41) is 11.5. The summed E-state index contributed by atoms with van der Waals surface area (Å²) in [5.41, 5.74) is 3.28. The van der Waals surface area contributed by atoms with Crippen molar-refractivity contribution in [2.45, 2.75) is 57.9 Å². The minimum absolute atomic E-state index is 0.0171. The van der Waals surface area contributed by atoms with Gasteiger partial charge in [-0.1, -0.05) is 11.6 Å². The van der Waals surface area contributed by atoms with Gasteiger partial charge in [-0.15, -0.1) is 0 Å². The molecule has 8 nitrogen and oxygen atoms in total. The van der Waals surface area contributed by atoms with Crippen LogP contribution in [-0.4, -0.2) is 57.2 Å². The number of nitrogens with zero attached hydrogens (tertiary/aromatic N) is 4. The minimum atomic E-state index is -0.137. The third-order valence-electron chi connectivity index (χ3n) is 6.01. The topological polar surface area (TPSA) is 93.3 Å². The smallest absolute Gasteiger partial charge is 0.267 e. The van der Waals surface area contributed by atoms with E-state index in [1.165, 1.54) is 0 Å². The predicted octanol–water partition coefficient (Wildman–Crippen LogP) is 1.92. The summed E-state index contributed by atoms with van der Waals surface area (Å²) in [6.07, 6.45) is 4.25. The van der Waals surface area contributed by atoms with Crippen molar-refractivity contribution >= 4 is 17.7 Å². The van der Waals surface area contributed by atoms with Gasteiger partial charge in [0.1, 0.15) is 11.3 Å². The van der Waals surface area contributed by atoms with Gasteiger partial charge in [0.15, 0.2) is 0 Å². The van der Waals surface area contributed by atoms with Crippen molar-refractivity contribution in [2.75, 3.05) is 25.4 Å². The summed E-state index contributed by atoms with van der Waals surface area (Å²) in [4.78, 5) is 27.4. The number of amides is 1. The predicted molar refractivity (Wildman–Crippen MR) is 116 cm³/mol. The first-order valence-corrected chi connectivity index (χ1v) is 11.8. The van der Waals surface area contributed by atoms with Crippen LogP contribution in [0.2, 0.25) is 0 Å². The highest BCUT2D eigenvalue weighted by Crippen LogP contribution is 2.21. The lowest BCUT2D eigenvalue weighted by Crippen LogP contribution is -2.48. The Balaban J connectivity index is 1.37. The van der Waals surface area contributed by atoms with Crippen molar-refractivity contribution < 1.29 is 9.32 Å². The Hall–Kier alpha value is -2.13. The van der Waals surface area contributed by atoms with Crippen LogP contribution in [0.3, 0.4) is 0 Å². The van der Waals surface area contributed by atoms with Gasteiger partial charge in [0, 0.05) is 37.4 Å². The molecule has 30 heavy (non-hydrogen) atoms. The molecular formula is C21H29N5O3S. The molecule has 4 heterocycles. The standard InChI is InChI=1S/C21H29N5O3S/c1-14-20(15(2)29-24-14)21(28)22-12-17-5-3-4-7-25(17)8-9-26-19(27)11-16-13-30-10-6-18(16)23-26/h11,17H,3-10,12-13H2,1-2H3,(H,22,28). The number of hydrogen-bond donors (Lipinski definition) is 1. The van der Waals surface area contributed by atoms with Crippen LogP contribution in [0, 0.1) is 13.8 Å². The maximum Gasteiger partial charge on any atom is 0.267 e. The fourth-order valence-corrected chi connectivity index (χ4v) is 5.28. The van der Waals surface area contributed by atoms with Gasteiger partial charge in [0.2, 0.25) is 0 Å². The molecule has 2 aliphatic heterocycles. The number of carbonyl (C=O) groups is 1. The number of aryl methyl sites for hydroxylation is 3. The van der Waals surface area contributed by atoms with Crippen LogP contribution >= 0.6 is 11.8 Å². The van der Waals surface area contributed by atoms with E-state index in [9.17, 15) is 9.59 Å². The van der Waals surface area contributed by atoms with Crippen LogP contribution in [0.4, 0.5) is 0 Å². The van der Waals surface area contributed by atoms with Gasteiger partial charge in [-0.2, -0.15) is 16.9 Å². The number of nitrogens with one attached hydrogen (secondary N) is 1. The summed E-state index contributed by atoms with van der Waals surface area (Å²) in [6, 6.07) is 2.01. The second-order valence-corrected chi connectivity index (χ2v) is 9.18. The fraction of sp³-hybridized carbons (Fsp3) is 0.619. The van der Waals surface area contributed by atoms with E-state index in [1.807, 2.05) is 11.8 Å². The Morgan fingerprint density at radius 2 is 2.20 bits per heavy atom. The highest BCUT2D eigenvalue weighted by molar-refractivity contribution is 7.98. The molecular weight excluding hydrogens is 402 g/mol. The van der Waals surface area contributed by atoms with E-state index in [2.05, 4.69) is 20.5 Å². The number of carbonyl (C=O) groups excluding carboxylic acids is 1. The number of rotatable bonds is 6. The summed E-state index contributed by atoms with van der Waals surface area (Å²) in [5.74, 6) is 2.36. The van der Waals surface area contributed by atoms with Crippen molar-refractivity contribution in [1.82, 2.24) is 25.2 Å². The fourth-order valence-electron chi connectivity index (χ4n) is 4.33. The van der Waals surface area contributed by atoms with E-state index < -0.39 is 0 Å². The first-order valence-electron chi connectivity index (χ1n) is 10.7. The second-order valence-electron chi connectivity index (χ2n) is 8.08. The average Bonchev–Trinajstić information content (AvgIpc) is 3.09. The molecule has 1 saturated heterocycles. The average molecular weight is 432 g/mol. The molecule has 0 saturated carbocycles. The largest absolute Gasteiger partial charge is 0.361 e. The van der Waals surface area contributed by atoms with Crippen LogP contribution in [0.25, 0.3) is 0 Å². The Labute approximate surface area is 180 Å². The summed E-state index contributed by atoms with van der Waals surface area (Å²) >= 11 is 1.86. The zero-order chi connectivity index (χ0) is 21.1. The highest BCUT2D eigenvalue weighted by Gasteiger charge is 2.25. The number of thioether (sulfide) groups is 1. The van der Waals surface area contributed by atoms with Crippen molar-refractivity contribution in [1.29, 1.82) is 0 Å². The molecule has 1 unspecified atom stereocenters. The Bertz CT molecular complexity index is 951. The lowest BCUT2D eigenvalue weighted by Gasteiger charge is -2.35. The first-order chi connectivity index (χ1) is 14.5. The van der Waals surface area contributed by atoms with E-state index in [0.29, 0.717) is 30.1 Å². The van der Waals surface area contributed by atoms with Gasteiger partial charge in [0.05, 0.1) is 17.9 Å². The van der Waals surface area contributed by atoms with Crippen LogP contribution in [0.5, 0.6) is 0 Å². The van der Waals surface area contributed by atoms with Crippen LogP contribution in [-0.2, 0) is 18.7 Å². The van der Waals surface area contributed by atoms with Gasteiger partial charge in [-0.05, 0) is 44.6 Å². The lowest BCUT2D eigenvalue weighted by atomic mass is 10.0. The highest BCUT2D eigenvalue weighted by atomic mass is 32.2. The number of aromatic nitrogens is 3. The monoisotopic (exact) mass is 431 g/mol. The van der Waals surface area contributed by atoms with Crippen molar-refractivity contribution in [3.63, 3.8) is 0 Å². The van der Waals surface area contributed by atoms with Gasteiger partial charge in [-0.3, -0.25) is 14.5 Å². The second kappa shape index (κ2) is 9.34. The number of hydrogen-bond acceptors (Lipinski definition) is 7. The molecule has 0 bridgehead atoms. The minimum Gasteiger partial charge on any atom is -0.361 e. The van der Waals surface area contributed by atoms with Gasteiger partial charge >= 0.3 is 0 Å². The summed E-state index contributed by atoms with van der Waals surface area (Å²) < 4.78 is 6.72. The molecule has 0 aromatic carbocycles. The summed E-state index contributed by atoms with van der Waals surface area (Å²) in [7, 11) is 0. The van der Waals surface area contributed by atoms with Crippen molar-refractivity contribution in [2.24, 2.45) is 0 Å². The molecule has 4 rings (SSSR count). The van der Waals surface area contributed by atoms with E-state index in [0.717, 1.165) is 61.5 Å². The van der Waals surface area contributed by atoms with E-state index in [1.54, 1.807) is 24.6 Å². The van der Waals surface area contributed by atoms with Crippen LogP contribution in [0.15, 0.2) is 15.4 Å².